The van der Waals surface area contributed by atoms with Crippen LogP contribution in [0.2, 0.25) is 0 Å². The molecule has 0 aliphatic heterocycles. The van der Waals surface area contributed by atoms with Crippen LogP contribution in [0, 0.1) is 0 Å². The Balaban J connectivity index is 0. The zero-order valence-electron chi connectivity index (χ0n) is 4.37. The molecule has 0 saturated heterocycles. The highest BCUT2D eigenvalue weighted by molar-refractivity contribution is 5.78. The predicted octanol–water partition coefficient (Wildman–Crippen LogP) is 0.945. The number of carboxylic acid groups (broad SMARTS) is 1. The van der Waals surface area contributed by atoms with Crippen LogP contribution in [-0.2, 0) is 4.79 Å². The van der Waals surface area contributed by atoms with E-state index in [9.17, 15) is 4.79 Å². The number of aliphatic hydroxyl groups is 1. The van der Waals surface area contributed by atoms with Gasteiger partial charge in [0.05, 0.1) is 6.26 Å². The van der Waals surface area contributed by atoms with Crippen LogP contribution in [-0.4, -0.2) is 16.2 Å². The quantitative estimate of drug-likeness (QED) is 0.396. The summed E-state index contributed by atoms with van der Waals surface area (Å²) in [6.45, 7) is 5.88. The standard InChI is InChI=1S/C3H4O2.C2H4O/c1-2-3(4)5;1-2-3/h2H,1H2,(H,4,5);2-3H,1H2. The Morgan fingerprint density at radius 1 is 1.50 bits per heavy atom. The van der Waals surface area contributed by atoms with Gasteiger partial charge in [-0.25, -0.2) is 4.79 Å². The van der Waals surface area contributed by atoms with E-state index in [1.807, 2.05) is 0 Å². The molecule has 0 radical (unpaired) electrons. The van der Waals surface area contributed by atoms with Crippen molar-refractivity contribution in [2.24, 2.45) is 0 Å². The second-order valence-corrected chi connectivity index (χ2v) is 0.725. The highest BCUT2D eigenvalue weighted by atomic mass is 16.4. The van der Waals surface area contributed by atoms with Crippen LogP contribution in [0.4, 0.5) is 0 Å². The Kier molecular flexibility index (Phi) is 11.4. The molecule has 0 aromatic heterocycles. The van der Waals surface area contributed by atoms with E-state index in [-0.39, 0.29) is 0 Å². The Morgan fingerprint density at radius 2 is 1.62 bits per heavy atom. The van der Waals surface area contributed by atoms with Crippen LogP contribution < -0.4 is 0 Å². The first-order valence-electron chi connectivity index (χ1n) is 1.79. The first-order chi connectivity index (χ1) is 3.68. The molecule has 0 bridgehead atoms. The lowest BCUT2D eigenvalue weighted by Crippen LogP contribution is -1.82. The fourth-order valence-electron chi connectivity index (χ4n) is 0. The Bertz CT molecular complexity index is 85.7. The number of aliphatic carboxylic acids is 1. The third kappa shape index (κ3) is 119. The SMILES string of the molecule is C=CC(=O)O.C=CO. The monoisotopic (exact) mass is 116 g/mol. The minimum atomic E-state index is -0.981. The van der Waals surface area contributed by atoms with E-state index in [4.69, 9.17) is 10.2 Å². The first-order valence-corrected chi connectivity index (χ1v) is 1.79. The molecule has 0 fully saturated rings. The molecular weight excluding hydrogens is 108 g/mol. The van der Waals surface area contributed by atoms with Crippen LogP contribution in [0.3, 0.4) is 0 Å². The highest BCUT2D eigenvalue weighted by Crippen LogP contribution is 1.54. The van der Waals surface area contributed by atoms with E-state index < -0.39 is 5.97 Å². The largest absolute Gasteiger partial charge is 0.516 e. The summed E-state index contributed by atoms with van der Waals surface area (Å²) < 4.78 is 0. The van der Waals surface area contributed by atoms with E-state index in [0.29, 0.717) is 0 Å². The number of hydrogen-bond acceptors (Lipinski definition) is 2. The molecule has 0 unspecified atom stereocenters. The maximum Gasteiger partial charge on any atom is 0.327 e. The summed E-state index contributed by atoms with van der Waals surface area (Å²) in [7, 11) is 0. The Labute approximate surface area is 47.6 Å². The molecule has 2 N–H and O–H groups in total. The van der Waals surface area contributed by atoms with E-state index in [2.05, 4.69) is 13.2 Å². The summed E-state index contributed by atoms with van der Waals surface area (Å²) >= 11 is 0. The highest BCUT2D eigenvalue weighted by Gasteiger charge is 1.73. The minimum Gasteiger partial charge on any atom is -0.516 e. The normalized spacial score (nSPS) is 5.50. The molecule has 0 saturated carbocycles. The van der Waals surface area contributed by atoms with Gasteiger partial charge in [0.15, 0.2) is 0 Å². The molecule has 0 aliphatic rings. The molecule has 3 nitrogen and oxygen atoms in total. The van der Waals surface area contributed by atoms with Gasteiger partial charge in [0, 0.05) is 6.08 Å². The van der Waals surface area contributed by atoms with Gasteiger partial charge < -0.3 is 10.2 Å². The van der Waals surface area contributed by atoms with Crippen molar-refractivity contribution in [1.82, 2.24) is 0 Å². The van der Waals surface area contributed by atoms with E-state index in [1.165, 1.54) is 0 Å². The van der Waals surface area contributed by atoms with Gasteiger partial charge in [0.25, 0.3) is 0 Å². The molecule has 3 heteroatoms. The number of aliphatic hydroxyl groups excluding tert-OH is 1. The molecule has 0 aliphatic carbocycles. The molecule has 0 aromatic rings. The molecule has 0 amide bonds. The number of carbonyl (C=O) groups is 1. The van der Waals surface area contributed by atoms with Crippen molar-refractivity contribution in [3.05, 3.63) is 25.5 Å². The van der Waals surface area contributed by atoms with Crippen molar-refractivity contribution >= 4 is 5.97 Å². The van der Waals surface area contributed by atoms with Crippen LogP contribution in [0.5, 0.6) is 0 Å². The lowest BCUT2D eigenvalue weighted by Gasteiger charge is -1.64. The van der Waals surface area contributed by atoms with Crippen molar-refractivity contribution in [3.63, 3.8) is 0 Å². The molecule has 0 rings (SSSR count). The van der Waals surface area contributed by atoms with Crippen LogP contribution in [0.25, 0.3) is 0 Å². The summed E-state index contributed by atoms with van der Waals surface area (Å²) in [4.78, 5) is 9.25. The zero-order valence-corrected chi connectivity index (χ0v) is 4.37. The van der Waals surface area contributed by atoms with Gasteiger partial charge in [-0.2, -0.15) is 0 Å². The average molecular weight is 116 g/mol. The third-order valence-electron chi connectivity index (χ3n) is 0.175. The number of rotatable bonds is 1. The topological polar surface area (TPSA) is 57.5 Å². The van der Waals surface area contributed by atoms with Crippen molar-refractivity contribution in [2.75, 3.05) is 0 Å². The fraction of sp³-hybridized carbons (Fsp3) is 0. The fourth-order valence-corrected chi connectivity index (χ4v) is 0. The van der Waals surface area contributed by atoms with Crippen LogP contribution in [0.15, 0.2) is 25.5 Å². The minimum absolute atomic E-state index is 0.750. The first kappa shape index (κ1) is 9.89. The van der Waals surface area contributed by atoms with Gasteiger partial charge in [-0.15, -0.1) is 0 Å². The summed E-state index contributed by atoms with van der Waals surface area (Å²) in [5.74, 6) is -0.981. The second-order valence-electron chi connectivity index (χ2n) is 0.725. The molecule has 0 heterocycles. The van der Waals surface area contributed by atoms with Gasteiger partial charge in [-0.1, -0.05) is 13.2 Å². The van der Waals surface area contributed by atoms with Gasteiger partial charge in [0.2, 0.25) is 0 Å². The lowest BCUT2D eigenvalue weighted by atomic mass is 10.7. The van der Waals surface area contributed by atoms with Gasteiger partial charge in [0.1, 0.15) is 0 Å². The van der Waals surface area contributed by atoms with Gasteiger partial charge in [-0.05, 0) is 0 Å². The molecule has 8 heavy (non-hydrogen) atoms. The van der Waals surface area contributed by atoms with Gasteiger partial charge >= 0.3 is 5.97 Å². The third-order valence-corrected chi connectivity index (χ3v) is 0.175. The van der Waals surface area contributed by atoms with E-state index in [0.717, 1.165) is 12.3 Å². The summed E-state index contributed by atoms with van der Waals surface area (Å²) in [6.07, 6.45) is 1.58. The van der Waals surface area contributed by atoms with Crippen molar-refractivity contribution < 1.29 is 15.0 Å². The Morgan fingerprint density at radius 3 is 1.62 bits per heavy atom. The summed E-state index contributed by atoms with van der Waals surface area (Å²) in [6, 6.07) is 0. The number of carboxylic acids is 1. The lowest BCUT2D eigenvalue weighted by molar-refractivity contribution is -0.131. The molecule has 0 aromatic carbocycles. The van der Waals surface area contributed by atoms with Crippen molar-refractivity contribution in [3.8, 4) is 0 Å². The van der Waals surface area contributed by atoms with Crippen LogP contribution >= 0.6 is 0 Å². The maximum atomic E-state index is 9.25. The molecule has 46 valence electrons. The maximum absolute atomic E-state index is 9.25. The molecule has 0 spiro atoms. The van der Waals surface area contributed by atoms with Crippen LogP contribution in [0.1, 0.15) is 0 Å². The Hall–Kier alpha value is -1.25. The van der Waals surface area contributed by atoms with Gasteiger partial charge in [-0.3, -0.25) is 0 Å². The molecule has 0 atom stereocenters. The predicted molar refractivity (Wildman–Crippen MR) is 30.7 cm³/mol. The average Bonchev–Trinajstić information content (AvgIpc) is 1.69. The number of hydrogen-bond donors (Lipinski definition) is 2. The summed E-state index contributed by atoms with van der Waals surface area (Å²) in [5, 5.41) is 14.9. The zero-order chi connectivity index (χ0) is 6.99. The van der Waals surface area contributed by atoms with E-state index >= 15 is 0 Å². The second kappa shape index (κ2) is 9.23. The smallest absolute Gasteiger partial charge is 0.327 e. The van der Waals surface area contributed by atoms with Crippen molar-refractivity contribution in [1.29, 1.82) is 0 Å². The van der Waals surface area contributed by atoms with E-state index in [1.54, 1.807) is 0 Å². The van der Waals surface area contributed by atoms with Crippen molar-refractivity contribution in [2.45, 2.75) is 0 Å². The molecular formula is C5H8O3. The summed E-state index contributed by atoms with van der Waals surface area (Å²) in [5.41, 5.74) is 0.